The maximum absolute atomic E-state index is 12.9. The third-order valence-corrected chi connectivity index (χ3v) is 3.75. The van der Waals surface area contributed by atoms with Crippen LogP contribution in [0.25, 0.3) is 0 Å². The number of guanidine groups is 1. The van der Waals surface area contributed by atoms with E-state index in [0.717, 1.165) is 17.5 Å². The fourth-order valence-corrected chi connectivity index (χ4v) is 2.37. The van der Waals surface area contributed by atoms with Crippen molar-refractivity contribution in [1.82, 2.24) is 10.6 Å². The van der Waals surface area contributed by atoms with Gasteiger partial charge in [0.25, 0.3) is 0 Å². The molecule has 2 aromatic rings. The fraction of sp³-hybridized carbons (Fsp3) is 0.316. The third kappa shape index (κ3) is 5.67. The first-order chi connectivity index (χ1) is 12.2. The third-order valence-electron chi connectivity index (χ3n) is 3.75. The zero-order valence-corrected chi connectivity index (χ0v) is 14.8. The minimum Gasteiger partial charge on any atom is -0.493 e. The van der Waals surface area contributed by atoms with Gasteiger partial charge < -0.3 is 20.1 Å². The first-order valence-electron chi connectivity index (χ1n) is 8.06. The van der Waals surface area contributed by atoms with Crippen molar-refractivity contribution in [1.29, 1.82) is 0 Å². The number of hydrogen-bond donors (Lipinski definition) is 2. The molecule has 0 saturated carbocycles. The maximum atomic E-state index is 12.9. The van der Waals surface area contributed by atoms with Gasteiger partial charge in [-0.05, 0) is 41.8 Å². The molecular formula is C19H24FN3O2. The second-order valence-electron chi connectivity index (χ2n) is 5.42. The van der Waals surface area contributed by atoms with Crippen LogP contribution in [0.3, 0.4) is 0 Å². The van der Waals surface area contributed by atoms with Crippen LogP contribution >= 0.6 is 0 Å². The summed E-state index contributed by atoms with van der Waals surface area (Å²) in [5.41, 5.74) is 2.13. The molecule has 0 radical (unpaired) electrons. The van der Waals surface area contributed by atoms with Crippen molar-refractivity contribution in [3.63, 3.8) is 0 Å². The summed E-state index contributed by atoms with van der Waals surface area (Å²) >= 11 is 0. The van der Waals surface area contributed by atoms with Crippen LogP contribution in [0.4, 0.5) is 4.39 Å². The number of methoxy groups -OCH3 is 2. The molecule has 2 rings (SSSR count). The summed E-state index contributed by atoms with van der Waals surface area (Å²) in [6.07, 6.45) is 0.789. The summed E-state index contributed by atoms with van der Waals surface area (Å²) in [5.74, 6) is 1.88. The highest BCUT2D eigenvalue weighted by Crippen LogP contribution is 2.27. The zero-order valence-electron chi connectivity index (χ0n) is 14.8. The number of halogens is 1. The Morgan fingerprint density at radius 1 is 0.960 bits per heavy atom. The minimum atomic E-state index is -0.218. The van der Waals surface area contributed by atoms with Gasteiger partial charge in [0.1, 0.15) is 5.82 Å². The smallest absolute Gasteiger partial charge is 0.191 e. The van der Waals surface area contributed by atoms with Gasteiger partial charge in [-0.15, -0.1) is 0 Å². The number of rotatable bonds is 7. The molecule has 5 nitrogen and oxygen atoms in total. The Morgan fingerprint density at radius 3 is 2.28 bits per heavy atom. The molecule has 0 amide bonds. The molecule has 0 unspecified atom stereocenters. The van der Waals surface area contributed by atoms with Gasteiger partial charge in [0.15, 0.2) is 17.5 Å². The van der Waals surface area contributed by atoms with Gasteiger partial charge in [-0.25, -0.2) is 4.39 Å². The molecule has 0 heterocycles. The second-order valence-corrected chi connectivity index (χ2v) is 5.42. The molecule has 0 aliphatic carbocycles. The molecule has 2 N–H and O–H groups in total. The van der Waals surface area contributed by atoms with Crippen LogP contribution in [0.1, 0.15) is 11.1 Å². The minimum absolute atomic E-state index is 0.218. The van der Waals surface area contributed by atoms with Gasteiger partial charge in [0.05, 0.1) is 14.2 Å². The lowest BCUT2D eigenvalue weighted by Crippen LogP contribution is -2.37. The Bertz CT molecular complexity index is 702. The van der Waals surface area contributed by atoms with E-state index >= 15 is 0 Å². The van der Waals surface area contributed by atoms with Crippen molar-refractivity contribution in [3.8, 4) is 11.5 Å². The van der Waals surface area contributed by atoms with Crippen molar-refractivity contribution in [2.75, 3.05) is 27.8 Å². The summed E-state index contributed by atoms with van der Waals surface area (Å²) in [6, 6.07) is 12.3. The van der Waals surface area contributed by atoms with Gasteiger partial charge in [-0.2, -0.15) is 0 Å². The standard InChI is InChI=1S/C19H24FN3O2/c1-21-19(22-11-10-14-4-7-16(20)8-5-14)23-13-15-6-9-17(24-2)18(12-15)25-3/h4-9,12H,10-11,13H2,1-3H3,(H2,21,22,23). The van der Waals surface area contributed by atoms with E-state index in [0.29, 0.717) is 30.5 Å². The molecule has 0 aromatic heterocycles. The number of ether oxygens (including phenoxy) is 2. The zero-order chi connectivity index (χ0) is 18.1. The van der Waals surface area contributed by atoms with Crippen LogP contribution in [0.2, 0.25) is 0 Å². The van der Waals surface area contributed by atoms with Crippen LogP contribution in [0.5, 0.6) is 11.5 Å². The molecule has 0 aliphatic rings. The van der Waals surface area contributed by atoms with Gasteiger partial charge in [0, 0.05) is 20.1 Å². The van der Waals surface area contributed by atoms with E-state index in [1.54, 1.807) is 33.4 Å². The lowest BCUT2D eigenvalue weighted by molar-refractivity contribution is 0.354. The molecule has 25 heavy (non-hydrogen) atoms. The molecule has 0 spiro atoms. The number of benzene rings is 2. The summed E-state index contributed by atoms with van der Waals surface area (Å²) in [7, 11) is 4.95. The van der Waals surface area contributed by atoms with Gasteiger partial charge in [0.2, 0.25) is 0 Å². The van der Waals surface area contributed by atoms with E-state index in [9.17, 15) is 4.39 Å². The number of nitrogens with one attached hydrogen (secondary N) is 2. The molecule has 0 fully saturated rings. The maximum Gasteiger partial charge on any atom is 0.191 e. The van der Waals surface area contributed by atoms with Crippen LogP contribution in [0.15, 0.2) is 47.5 Å². The lowest BCUT2D eigenvalue weighted by atomic mass is 10.1. The lowest BCUT2D eigenvalue weighted by Gasteiger charge is -2.13. The molecule has 0 saturated heterocycles. The van der Waals surface area contributed by atoms with Crippen molar-refractivity contribution < 1.29 is 13.9 Å². The van der Waals surface area contributed by atoms with Gasteiger partial charge in [-0.3, -0.25) is 4.99 Å². The Morgan fingerprint density at radius 2 is 1.64 bits per heavy atom. The largest absolute Gasteiger partial charge is 0.493 e. The van der Waals surface area contributed by atoms with Gasteiger partial charge >= 0.3 is 0 Å². The quantitative estimate of drug-likeness (QED) is 0.598. The highest BCUT2D eigenvalue weighted by atomic mass is 19.1. The average molecular weight is 345 g/mol. The Kier molecular flexibility index (Phi) is 7.07. The topological polar surface area (TPSA) is 54.9 Å². The number of nitrogens with zero attached hydrogens (tertiary/aromatic N) is 1. The summed E-state index contributed by atoms with van der Waals surface area (Å²) in [4.78, 5) is 4.20. The molecular weight excluding hydrogens is 321 g/mol. The Labute approximate surface area is 147 Å². The highest BCUT2D eigenvalue weighted by molar-refractivity contribution is 5.79. The Hall–Kier alpha value is -2.76. The first kappa shape index (κ1) is 18.6. The molecule has 6 heteroatoms. The summed E-state index contributed by atoms with van der Waals surface area (Å²) < 4.78 is 23.4. The summed E-state index contributed by atoms with van der Waals surface area (Å²) in [6.45, 7) is 1.31. The van der Waals surface area contributed by atoms with Crippen molar-refractivity contribution in [3.05, 3.63) is 59.4 Å². The van der Waals surface area contributed by atoms with Crippen LogP contribution in [0, 0.1) is 5.82 Å². The molecule has 0 atom stereocenters. The number of aliphatic imine (C=N–C) groups is 1. The second kappa shape index (κ2) is 9.52. The Balaban J connectivity index is 1.83. The van der Waals surface area contributed by atoms with E-state index in [1.807, 2.05) is 18.2 Å². The highest BCUT2D eigenvalue weighted by Gasteiger charge is 2.05. The molecule has 0 bridgehead atoms. The van der Waals surface area contributed by atoms with E-state index in [2.05, 4.69) is 15.6 Å². The van der Waals surface area contributed by atoms with Crippen molar-refractivity contribution in [2.24, 2.45) is 4.99 Å². The van der Waals surface area contributed by atoms with E-state index < -0.39 is 0 Å². The molecule has 0 aliphatic heterocycles. The van der Waals surface area contributed by atoms with Crippen LogP contribution in [-0.2, 0) is 13.0 Å². The van der Waals surface area contributed by atoms with Crippen molar-refractivity contribution >= 4 is 5.96 Å². The predicted octanol–water partition coefficient (Wildman–Crippen LogP) is 2.75. The number of hydrogen-bond acceptors (Lipinski definition) is 3. The first-order valence-corrected chi connectivity index (χ1v) is 8.06. The van der Waals surface area contributed by atoms with Gasteiger partial charge in [-0.1, -0.05) is 18.2 Å². The van der Waals surface area contributed by atoms with Crippen LogP contribution < -0.4 is 20.1 Å². The normalized spacial score (nSPS) is 11.1. The van der Waals surface area contributed by atoms with Crippen LogP contribution in [-0.4, -0.2) is 33.8 Å². The van der Waals surface area contributed by atoms with Crippen molar-refractivity contribution in [2.45, 2.75) is 13.0 Å². The van der Waals surface area contributed by atoms with E-state index in [1.165, 1.54) is 12.1 Å². The monoisotopic (exact) mass is 345 g/mol. The van der Waals surface area contributed by atoms with E-state index in [-0.39, 0.29) is 5.82 Å². The average Bonchev–Trinajstić information content (AvgIpc) is 2.65. The predicted molar refractivity (Wildman–Crippen MR) is 97.9 cm³/mol. The molecule has 2 aromatic carbocycles. The summed E-state index contributed by atoms with van der Waals surface area (Å²) in [5, 5.41) is 6.50. The van der Waals surface area contributed by atoms with E-state index in [4.69, 9.17) is 9.47 Å². The SMILES string of the molecule is CN=C(NCCc1ccc(F)cc1)NCc1ccc(OC)c(OC)c1. The fourth-order valence-electron chi connectivity index (χ4n) is 2.37. The molecule has 134 valence electrons.